The van der Waals surface area contributed by atoms with Crippen LogP contribution in [0.2, 0.25) is 0 Å². The Labute approximate surface area is 113 Å². The van der Waals surface area contributed by atoms with Crippen molar-refractivity contribution in [3.8, 4) is 0 Å². The fourth-order valence-electron chi connectivity index (χ4n) is 2.05. The maximum Gasteiger partial charge on any atom is 0.216 e. The highest BCUT2D eigenvalue weighted by atomic mass is 16.1. The lowest BCUT2D eigenvalue weighted by Gasteiger charge is -2.05. The van der Waals surface area contributed by atoms with Crippen molar-refractivity contribution in [2.75, 3.05) is 12.3 Å². The molecule has 3 nitrogen and oxygen atoms in total. The molecule has 0 heterocycles. The van der Waals surface area contributed by atoms with E-state index in [0.717, 1.165) is 28.4 Å². The van der Waals surface area contributed by atoms with E-state index in [-0.39, 0.29) is 5.91 Å². The summed E-state index contributed by atoms with van der Waals surface area (Å²) < 4.78 is 0. The summed E-state index contributed by atoms with van der Waals surface area (Å²) in [6.07, 6.45) is 4.95. The monoisotopic (exact) mass is 254 g/mol. The quantitative estimate of drug-likeness (QED) is 0.651. The number of rotatable bonds is 4. The molecule has 0 unspecified atom stereocenters. The molecule has 1 amide bonds. The Balaban J connectivity index is 2.15. The van der Waals surface area contributed by atoms with Gasteiger partial charge >= 0.3 is 0 Å². The molecule has 0 aliphatic rings. The van der Waals surface area contributed by atoms with Crippen LogP contribution < -0.4 is 11.1 Å². The summed E-state index contributed by atoms with van der Waals surface area (Å²) in [6, 6.07) is 12.0. The number of benzene rings is 2. The number of fused-ring (bicyclic) bond motifs is 1. The fraction of sp³-hybridized carbons (Fsp3) is 0.188. The minimum Gasteiger partial charge on any atom is -0.398 e. The lowest BCUT2D eigenvalue weighted by molar-refractivity contribution is -0.118. The van der Waals surface area contributed by atoms with Crippen LogP contribution in [-0.4, -0.2) is 12.5 Å². The zero-order chi connectivity index (χ0) is 13.7. The van der Waals surface area contributed by atoms with Gasteiger partial charge in [-0.25, -0.2) is 0 Å². The summed E-state index contributed by atoms with van der Waals surface area (Å²) in [5, 5.41) is 4.99. The van der Waals surface area contributed by atoms with Gasteiger partial charge in [-0.15, -0.1) is 0 Å². The summed E-state index contributed by atoms with van der Waals surface area (Å²) in [5.41, 5.74) is 7.91. The van der Waals surface area contributed by atoms with Crippen molar-refractivity contribution in [1.29, 1.82) is 0 Å². The molecule has 0 saturated carbocycles. The van der Waals surface area contributed by atoms with Crippen molar-refractivity contribution >= 4 is 28.4 Å². The van der Waals surface area contributed by atoms with Gasteiger partial charge in [0.05, 0.1) is 0 Å². The summed E-state index contributed by atoms with van der Waals surface area (Å²) in [6.45, 7) is 2.19. The normalized spacial score (nSPS) is 11.0. The van der Waals surface area contributed by atoms with Gasteiger partial charge in [-0.1, -0.05) is 42.5 Å². The van der Waals surface area contributed by atoms with Crippen LogP contribution in [0.25, 0.3) is 16.8 Å². The van der Waals surface area contributed by atoms with Gasteiger partial charge in [-0.2, -0.15) is 0 Å². The Kier molecular flexibility index (Phi) is 4.18. The van der Waals surface area contributed by atoms with Crippen LogP contribution in [0.5, 0.6) is 0 Å². The Morgan fingerprint density at radius 3 is 2.74 bits per heavy atom. The highest BCUT2D eigenvalue weighted by Crippen LogP contribution is 2.24. The third kappa shape index (κ3) is 3.35. The number of nitrogens with two attached hydrogens (primary N) is 1. The van der Waals surface area contributed by atoms with Gasteiger partial charge in [-0.05, 0) is 23.4 Å². The molecule has 0 saturated heterocycles. The van der Waals surface area contributed by atoms with Gasteiger partial charge in [0.1, 0.15) is 0 Å². The molecule has 0 bridgehead atoms. The number of carbonyl (C=O) groups excluding carboxylic acids is 1. The van der Waals surface area contributed by atoms with Crippen LogP contribution in [0, 0.1) is 0 Å². The molecule has 0 atom stereocenters. The van der Waals surface area contributed by atoms with E-state index >= 15 is 0 Å². The molecule has 0 fully saturated rings. The number of hydrogen-bond acceptors (Lipinski definition) is 2. The average Bonchev–Trinajstić information content (AvgIpc) is 2.39. The maximum absolute atomic E-state index is 10.7. The highest BCUT2D eigenvalue weighted by molar-refractivity contribution is 5.97. The lowest BCUT2D eigenvalue weighted by Crippen LogP contribution is -2.20. The van der Waals surface area contributed by atoms with E-state index in [4.69, 9.17) is 5.73 Å². The highest BCUT2D eigenvalue weighted by Gasteiger charge is 1.99. The molecule has 2 aromatic rings. The van der Waals surface area contributed by atoms with Crippen LogP contribution >= 0.6 is 0 Å². The number of hydrogen-bond donors (Lipinski definition) is 2. The second kappa shape index (κ2) is 6.05. The zero-order valence-corrected chi connectivity index (χ0v) is 11.0. The molecule has 2 rings (SSSR count). The number of nitrogens with one attached hydrogen (secondary N) is 1. The summed E-state index contributed by atoms with van der Waals surface area (Å²) in [4.78, 5) is 10.7. The molecule has 0 aliphatic heterocycles. The van der Waals surface area contributed by atoms with Gasteiger partial charge in [0.25, 0.3) is 0 Å². The van der Waals surface area contributed by atoms with Crippen LogP contribution in [0.15, 0.2) is 42.5 Å². The fourth-order valence-corrected chi connectivity index (χ4v) is 2.05. The van der Waals surface area contributed by atoms with E-state index in [9.17, 15) is 4.79 Å². The van der Waals surface area contributed by atoms with Gasteiger partial charge in [0.2, 0.25) is 5.91 Å². The third-order valence-electron chi connectivity index (χ3n) is 2.97. The predicted molar refractivity (Wildman–Crippen MR) is 80.7 cm³/mol. The van der Waals surface area contributed by atoms with E-state index in [1.54, 1.807) is 0 Å². The van der Waals surface area contributed by atoms with Crippen molar-refractivity contribution in [1.82, 2.24) is 5.32 Å². The number of carbonyl (C=O) groups is 1. The van der Waals surface area contributed by atoms with E-state index in [0.29, 0.717) is 6.54 Å². The first-order chi connectivity index (χ1) is 9.18. The summed E-state index contributed by atoms with van der Waals surface area (Å²) in [5.74, 6) is 0.00587. The maximum atomic E-state index is 10.7. The van der Waals surface area contributed by atoms with Gasteiger partial charge in [0, 0.05) is 24.5 Å². The van der Waals surface area contributed by atoms with Crippen molar-refractivity contribution in [2.45, 2.75) is 13.3 Å². The largest absolute Gasteiger partial charge is 0.398 e. The van der Waals surface area contributed by atoms with E-state index in [2.05, 4.69) is 29.6 Å². The summed E-state index contributed by atoms with van der Waals surface area (Å²) >= 11 is 0. The number of nitrogen functional groups attached to an aromatic ring is 1. The molecule has 3 N–H and O–H groups in total. The molecular weight excluding hydrogens is 236 g/mol. The Morgan fingerprint density at radius 1 is 1.21 bits per heavy atom. The number of amides is 1. The second-order valence-electron chi connectivity index (χ2n) is 4.46. The predicted octanol–water partition coefficient (Wildman–Crippen LogP) is 2.96. The van der Waals surface area contributed by atoms with Gasteiger partial charge in [0.15, 0.2) is 0 Å². The molecule has 0 spiro atoms. The van der Waals surface area contributed by atoms with E-state index in [1.807, 2.05) is 24.3 Å². The molecule has 98 valence electrons. The molecule has 0 radical (unpaired) electrons. The van der Waals surface area contributed by atoms with Crippen molar-refractivity contribution in [2.24, 2.45) is 0 Å². The Hall–Kier alpha value is -2.29. The zero-order valence-electron chi connectivity index (χ0n) is 11.0. The van der Waals surface area contributed by atoms with Crippen LogP contribution in [0.4, 0.5) is 5.69 Å². The van der Waals surface area contributed by atoms with E-state index in [1.165, 1.54) is 6.92 Å². The number of anilines is 1. The molecular formula is C16H18N2O. The first-order valence-corrected chi connectivity index (χ1v) is 6.36. The van der Waals surface area contributed by atoms with Crippen LogP contribution in [-0.2, 0) is 4.79 Å². The average molecular weight is 254 g/mol. The minimum atomic E-state index is 0.00587. The SMILES string of the molecule is CC(=O)NCCC=Cc1cccc2c(N)cccc12. The van der Waals surface area contributed by atoms with Crippen molar-refractivity contribution < 1.29 is 4.79 Å². The third-order valence-corrected chi connectivity index (χ3v) is 2.97. The molecule has 0 aromatic heterocycles. The molecule has 2 aromatic carbocycles. The molecule has 0 aliphatic carbocycles. The topological polar surface area (TPSA) is 55.1 Å². The van der Waals surface area contributed by atoms with Gasteiger partial charge < -0.3 is 11.1 Å². The minimum absolute atomic E-state index is 0.00587. The first kappa shape index (κ1) is 13.1. The lowest BCUT2D eigenvalue weighted by atomic mass is 10.0. The Morgan fingerprint density at radius 2 is 1.95 bits per heavy atom. The molecule has 19 heavy (non-hydrogen) atoms. The standard InChI is InChI=1S/C16H18N2O/c1-12(19)18-11-3-2-6-13-7-4-9-15-14(13)8-5-10-16(15)17/h2,4-10H,3,11,17H2,1H3,(H,18,19). The smallest absolute Gasteiger partial charge is 0.216 e. The van der Waals surface area contributed by atoms with Gasteiger partial charge in [-0.3, -0.25) is 4.79 Å². The molecule has 3 heteroatoms. The first-order valence-electron chi connectivity index (χ1n) is 6.36. The van der Waals surface area contributed by atoms with Crippen molar-refractivity contribution in [3.63, 3.8) is 0 Å². The second-order valence-corrected chi connectivity index (χ2v) is 4.46. The van der Waals surface area contributed by atoms with Crippen molar-refractivity contribution in [3.05, 3.63) is 48.0 Å². The Bertz CT molecular complexity index is 617. The van der Waals surface area contributed by atoms with Crippen LogP contribution in [0.1, 0.15) is 18.9 Å². The van der Waals surface area contributed by atoms with E-state index < -0.39 is 0 Å². The summed E-state index contributed by atoms with van der Waals surface area (Å²) in [7, 11) is 0. The van der Waals surface area contributed by atoms with Crippen LogP contribution in [0.3, 0.4) is 0 Å².